The molecule has 4 N–H and O–H groups in total. The van der Waals surface area contributed by atoms with Crippen molar-refractivity contribution in [2.45, 2.75) is 12.5 Å². The van der Waals surface area contributed by atoms with Crippen molar-refractivity contribution in [1.82, 2.24) is 5.32 Å². The fourth-order valence-corrected chi connectivity index (χ4v) is 1.75. The van der Waals surface area contributed by atoms with Crippen molar-refractivity contribution in [3.05, 3.63) is 38.9 Å². The lowest BCUT2D eigenvalue weighted by Crippen LogP contribution is -2.34. The van der Waals surface area contributed by atoms with Gasteiger partial charge < -0.3 is 16.2 Å². The Morgan fingerprint density at radius 2 is 2.15 bits per heavy atom. The van der Waals surface area contributed by atoms with E-state index in [1.54, 1.807) is 0 Å². The lowest BCUT2D eigenvalue weighted by atomic mass is 10.0. The molecule has 1 rings (SSSR count). The van der Waals surface area contributed by atoms with Crippen LogP contribution in [0.5, 0.6) is 0 Å². The Labute approximate surface area is 118 Å². The summed E-state index contributed by atoms with van der Waals surface area (Å²) in [5.41, 5.74) is 5.05. The molecule has 0 spiro atoms. The van der Waals surface area contributed by atoms with Crippen LogP contribution in [0.25, 0.3) is 0 Å². The molecule has 0 saturated carbocycles. The van der Waals surface area contributed by atoms with Gasteiger partial charge in [-0.3, -0.25) is 19.7 Å². The van der Waals surface area contributed by atoms with Gasteiger partial charge in [-0.1, -0.05) is 17.7 Å². The molecular weight excluding hydrogens is 290 g/mol. The highest BCUT2D eigenvalue weighted by Crippen LogP contribution is 2.28. The SMILES string of the molecule is NCC(=O)NC(CC(=O)O)c1ccc(Cl)c([N+](=O)[O-])c1. The van der Waals surface area contributed by atoms with Gasteiger partial charge >= 0.3 is 5.97 Å². The predicted octanol–water partition coefficient (Wildman–Crippen LogP) is 0.839. The Balaban J connectivity index is 3.12. The van der Waals surface area contributed by atoms with E-state index in [0.29, 0.717) is 0 Å². The van der Waals surface area contributed by atoms with Crippen LogP contribution in [-0.4, -0.2) is 28.5 Å². The minimum atomic E-state index is -1.16. The molecule has 0 aliphatic carbocycles. The zero-order chi connectivity index (χ0) is 15.3. The van der Waals surface area contributed by atoms with Crippen LogP contribution < -0.4 is 11.1 Å². The Bertz CT molecular complexity index is 549. The Hall–Kier alpha value is -2.19. The molecule has 0 aliphatic heterocycles. The third kappa shape index (κ3) is 4.18. The van der Waals surface area contributed by atoms with Crippen LogP contribution in [0, 0.1) is 10.1 Å². The number of carbonyl (C=O) groups is 2. The van der Waals surface area contributed by atoms with Gasteiger partial charge in [0.2, 0.25) is 5.91 Å². The van der Waals surface area contributed by atoms with Crippen LogP contribution >= 0.6 is 11.6 Å². The normalized spacial score (nSPS) is 11.7. The summed E-state index contributed by atoms with van der Waals surface area (Å²) in [5, 5.41) is 21.9. The van der Waals surface area contributed by atoms with Gasteiger partial charge in [0, 0.05) is 6.07 Å². The molecule has 1 unspecified atom stereocenters. The second-order valence-corrected chi connectivity index (χ2v) is 4.30. The molecule has 20 heavy (non-hydrogen) atoms. The van der Waals surface area contributed by atoms with Crippen molar-refractivity contribution < 1.29 is 19.6 Å². The monoisotopic (exact) mass is 301 g/mol. The van der Waals surface area contributed by atoms with Gasteiger partial charge in [-0.25, -0.2) is 0 Å². The minimum Gasteiger partial charge on any atom is -0.481 e. The Morgan fingerprint density at radius 3 is 2.65 bits per heavy atom. The highest BCUT2D eigenvalue weighted by Gasteiger charge is 2.21. The number of hydrogen-bond acceptors (Lipinski definition) is 5. The number of nitro benzene ring substituents is 1. The number of carbonyl (C=O) groups excluding carboxylic acids is 1. The van der Waals surface area contributed by atoms with E-state index in [9.17, 15) is 19.7 Å². The summed E-state index contributed by atoms with van der Waals surface area (Å²) in [6, 6.07) is 2.91. The summed E-state index contributed by atoms with van der Waals surface area (Å²) in [6.07, 6.45) is -0.426. The topological polar surface area (TPSA) is 136 Å². The van der Waals surface area contributed by atoms with Gasteiger partial charge in [0.1, 0.15) is 5.02 Å². The molecule has 1 aromatic carbocycles. The minimum absolute atomic E-state index is 0.0713. The number of rotatable bonds is 6. The maximum Gasteiger partial charge on any atom is 0.305 e. The number of hydrogen-bond donors (Lipinski definition) is 3. The molecule has 0 radical (unpaired) electrons. The van der Waals surface area contributed by atoms with Crippen LogP contribution in [0.1, 0.15) is 18.0 Å². The van der Waals surface area contributed by atoms with Gasteiger partial charge in [0.15, 0.2) is 0 Å². The lowest BCUT2D eigenvalue weighted by molar-refractivity contribution is -0.384. The van der Waals surface area contributed by atoms with Crippen molar-refractivity contribution in [2.75, 3.05) is 6.54 Å². The number of nitrogens with two attached hydrogens (primary N) is 1. The highest BCUT2D eigenvalue weighted by molar-refractivity contribution is 6.32. The van der Waals surface area contributed by atoms with Crippen LogP contribution in [0.3, 0.4) is 0 Å². The molecule has 1 amide bonds. The van der Waals surface area contributed by atoms with E-state index in [0.717, 1.165) is 6.07 Å². The third-order valence-corrected chi connectivity index (χ3v) is 2.79. The number of carboxylic acids is 1. The van der Waals surface area contributed by atoms with Crippen LogP contribution in [0.2, 0.25) is 5.02 Å². The lowest BCUT2D eigenvalue weighted by Gasteiger charge is -2.17. The zero-order valence-corrected chi connectivity index (χ0v) is 11.0. The van der Waals surface area contributed by atoms with E-state index in [2.05, 4.69) is 5.32 Å². The van der Waals surface area contributed by atoms with Gasteiger partial charge in [-0.15, -0.1) is 0 Å². The molecule has 9 heteroatoms. The van der Waals surface area contributed by atoms with E-state index >= 15 is 0 Å². The van der Waals surface area contributed by atoms with Gasteiger partial charge in [0.05, 0.1) is 23.9 Å². The molecule has 8 nitrogen and oxygen atoms in total. The largest absolute Gasteiger partial charge is 0.481 e. The first-order chi connectivity index (χ1) is 9.35. The Morgan fingerprint density at radius 1 is 1.50 bits per heavy atom. The molecule has 0 saturated heterocycles. The standard InChI is InChI=1S/C11H12ClN3O5/c12-7-2-1-6(3-9(7)15(19)20)8(4-11(17)18)14-10(16)5-13/h1-3,8H,4-5,13H2,(H,14,16)(H,17,18). The van der Waals surface area contributed by atoms with E-state index in [1.165, 1.54) is 12.1 Å². The van der Waals surface area contributed by atoms with Crippen LogP contribution in [-0.2, 0) is 9.59 Å². The average molecular weight is 302 g/mol. The first-order valence-electron chi connectivity index (χ1n) is 5.50. The number of benzene rings is 1. The number of nitro groups is 1. The first kappa shape index (κ1) is 15.9. The molecule has 1 aromatic rings. The molecule has 0 aliphatic rings. The number of nitrogens with one attached hydrogen (secondary N) is 1. The van der Waals surface area contributed by atoms with Crippen molar-refractivity contribution >= 4 is 29.2 Å². The van der Waals surface area contributed by atoms with E-state index < -0.39 is 29.3 Å². The molecule has 1 atom stereocenters. The molecule has 108 valence electrons. The van der Waals surface area contributed by atoms with Gasteiger partial charge in [0.25, 0.3) is 5.69 Å². The number of carboxylic acid groups (broad SMARTS) is 1. The van der Waals surface area contributed by atoms with Crippen LogP contribution in [0.4, 0.5) is 5.69 Å². The van der Waals surface area contributed by atoms with Crippen molar-refractivity contribution in [2.24, 2.45) is 5.73 Å². The highest BCUT2D eigenvalue weighted by atomic mass is 35.5. The van der Waals surface area contributed by atoms with Crippen molar-refractivity contribution in [3.8, 4) is 0 Å². The fraction of sp³-hybridized carbons (Fsp3) is 0.273. The molecule has 0 aromatic heterocycles. The third-order valence-electron chi connectivity index (χ3n) is 2.47. The summed E-state index contributed by atoms with van der Waals surface area (Å²) < 4.78 is 0. The zero-order valence-electron chi connectivity index (χ0n) is 10.2. The summed E-state index contributed by atoms with van der Waals surface area (Å²) in [6.45, 7) is -0.314. The fourth-order valence-electron chi connectivity index (χ4n) is 1.57. The van der Waals surface area contributed by atoms with Crippen molar-refractivity contribution in [3.63, 3.8) is 0 Å². The summed E-state index contributed by atoms with van der Waals surface area (Å²) in [5.74, 6) is -1.72. The number of nitrogens with zero attached hydrogens (tertiary/aromatic N) is 1. The number of aliphatic carboxylic acids is 1. The van der Waals surface area contributed by atoms with Gasteiger partial charge in [-0.2, -0.15) is 0 Å². The number of amides is 1. The summed E-state index contributed by atoms with van der Waals surface area (Å²) in [4.78, 5) is 32.2. The maximum absolute atomic E-state index is 11.3. The smallest absolute Gasteiger partial charge is 0.305 e. The van der Waals surface area contributed by atoms with Gasteiger partial charge in [-0.05, 0) is 11.6 Å². The first-order valence-corrected chi connectivity index (χ1v) is 5.88. The Kier molecular flexibility index (Phi) is 5.42. The molecular formula is C11H12ClN3O5. The second-order valence-electron chi connectivity index (χ2n) is 3.89. The predicted molar refractivity (Wildman–Crippen MR) is 70.3 cm³/mol. The maximum atomic E-state index is 11.3. The molecule has 0 fully saturated rings. The summed E-state index contributed by atoms with van der Waals surface area (Å²) in [7, 11) is 0. The van der Waals surface area contributed by atoms with E-state index in [-0.39, 0.29) is 22.8 Å². The van der Waals surface area contributed by atoms with Crippen LogP contribution in [0.15, 0.2) is 18.2 Å². The molecule has 0 bridgehead atoms. The quantitative estimate of drug-likeness (QED) is 0.526. The summed E-state index contributed by atoms with van der Waals surface area (Å²) >= 11 is 5.67. The average Bonchev–Trinajstić information content (AvgIpc) is 2.37. The second kappa shape index (κ2) is 6.83. The van der Waals surface area contributed by atoms with Crippen molar-refractivity contribution in [1.29, 1.82) is 0 Å². The van der Waals surface area contributed by atoms with E-state index in [1.807, 2.05) is 0 Å². The number of halogens is 1. The van der Waals surface area contributed by atoms with E-state index in [4.69, 9.17) is 22.4 Å². The molecule has 0 heterocycles.